The van der Waals surface area contributed by atoms with Gasteiger partial charge in [-0.1, -0.05) is 76.6 Å². The van der Waals surface area contributed by atoms with E-state index in [1.54, 1.807) is 0 Å². The monoisotopic (exact) mass is 274 g/mol. The van der Waals surface area contributed by atoms with E-state index in [2.05, 4.69) is 43.5 Å². The normalized spacial score (nSPS) is 19.0. The van der Waals surface area contributed by atoms with Crippen molar-refractivity contribution in [3.05, 3.63) is 35.4 Å². The third-order valence-electron chi connectivity index (χ3n) is 4.75. The maximum Gasteiger partial charge on any atom is 0.0462 e. The number of hydrogen-bond donors (Lipinski definition) is 2. The van der Waals surface area contributed by atoms with Crippen molar-refractivity contribution in [1.29, 1.82) is 0 Å². The van der Waals surface area contributed by atoms with Gasteiger partial charge < -0.3 is 0 Å². The Morgan fingerprint density at radius 1 is 1.00 bits per heavy atom. The van der Waals surface area contributed by atoms with Crippen molar-refractivity contribution in [2.45, 2.75) is 70.8 Å². The molecule has 0 bridgehead atoms. The second kappa shape index (κ2) is 7.80. The number of rotatable bonds is 5. The van der Waals surface area contributed by atoms with Gasteiger partial charge in [0.05, 0.1) is 0 Å². The summed E-state index contributed by atoms with van der Waals surface area (Å²) in [5.74, 6) is 7.24. The minimum atomic E-state index is 0.305. The van der Waals surface area contributed by atoms with E-state index >= 15 is 0 Å². The number of nitrogens with one attached hydrogen (secondary N) is 1. The van der Waals surface area contributed by atoms with Gasteiger partial charge in [-0.15, -0.1) is 0 Å². The quantitative estimate of drug-likeness (QED) is 0.465. The first-order valence-electron chi connectivity index (χ1n) is 8.26. The van der Waals surface area contributed by atoms with Gasteiger partial charge >= 0.3 is 0 Å². The molecule has 1 aliphatic carbocycles. The van der Waals surface area contributed by atoms with Gasteiger partial charge in [-0.3, -0.25) is 11.3 Å². The van der Waals surface area contributed by atoms with E-state index in [-0.39, 0.29) is 0 Å². The Morgan fingerprint density at radius 2 is 1.55 bits per heavy atom. The van der Waals surface area contributed by atoms with E-state index in [0.29, 0.717) is 12.0 Å². The van der Waals surface area contributed by atoms with Crippen LogP contribution in [0.3, 0.4) is 0 Å². The van der Waals surface area contributed by atoms with Crippen LogP contribution in [0.5, 0.6) is 0 Å². The zero-order valence-corrected chi connectivity index (χ0v) is 13.1. The summed E-state index contributed by atoms with van der Waals surface area (Å²) < 4.78 is 0. The second-order valence-corrected chi connectivity index (χ2v) is 6.63. The van der Waals surface area contributed by atoms with Crippen LogP contribution in [0, 0.1) is 5.92 Å². The molecule has 1 aromatic rings. The van der Waals surface area contributed by atoms with Crippen LogP contribution in [0.1, 0.15) is 81.9 Å². The van der Waals surface area contributed by atoms with Crippen LogP contribution in [0.2, 0.25) is 0 Å². The summed E-state index contributed by atoms with van der Waals surface area (Å²) in [5.41, 5.74) is 5.77. The Morgan fingerprint density at radius 3 is 2.05 bits per heavy atom. The fraction of sp³-hybridized carbons (Fsp3) is 0.667. The molecular weight excluding hydrogens is 244 g/mol. The van der Waals surface area contributed by atoms with Gasteiger partial charge in [-0.25, -0.2) is 0 Å². The molecule has 0 saturated heterocycles. The molecule has 1 aliphatic rings. The predicted octanol–water partition coefficient (Wildman–Crippen LogP) is 4.67. The van der Waals surface area contributed by atoms with E-state index in [1.165, 1.54) is 56.1 Å². The fourth-order valence-corrected chi connectivity index (χ4v) is 3.35. The van der Waals surface area contributed by atoms with E-state index in [9.17, 15) is 0 Å². The first-order chi connectivity index (χ1) is 9.70. The Bertz CT molecular complexity index is 375. The maximum atomic E-state index is 5.81. The number of nitrogens with two attached hydrogens (primary N) is 1. The molecule has 0 radical (unpaired) electrons. The Kier molecular flexibility index (Phi) is 6.06. The molecule has 0 aromatic heterocycles. The third-order valence-corrected chi connectivity index (χ3v) is 4.75. The maximum absolute atomic E-state index is 5.81. The standard InChI is InChI=1S/C18H30N2/c1-14(2)16-9-11-17(12-10-16)18(20-19)13-15-7-5-3-4-6-8-15/h9-12,14-15,18,20H,3-8,13,19H2,1-2H3. The molecule has 20 heavy (non-hydrogen) atoms. The van der Waals surface area contributed by atoms with Gasteiger partial charge in [0.15, 0.2) is 0 Å². The van der Waals surface area contributed by atoms with E-state index in [0.717, 1.165) is 5.92 Å². The van der Waals surface area contributed by atoms with Crippen molar-refractivity contribution < 1.29 is 0 Å². The average molecular weight is 274 g/mol. The largest absolute Gasteiger partial charge is 0.271 e. The fourth-order valence-electron chi connectivity index (χ4n) is 3.35. The van der Waals surface area contributed by atoms with Crippen LogP contribution < -0.4 is 11.3 Å². The highest BCUT2D eigenvalue weighted by Gasteiger charge is 2.18. The van der Waals surface area contributed by atoms with Crippen LogP contribution in [-0.4, -0.2) is 0 Å². The van der Waals surface area contributed by atoms with Crippen LogP contribution in [0.25, 0.3) is 0 Å². The Hall–Kier alpha value is -0.860. The summed E-state index contributed by atoms with van der Waals surface area (Å²) in [4.78, 5) is 0. The minimum absolute atomic E-state index is 0.305. The molecular formula is C18H30N2. The summed E-state index contributed by atoms with van der Waals surface area (Å²) >= 11 is 0. The highest BCUT2D eigenvalue weighted by atomic mass is 15.2. The summed E-state index contributed by atoms with van der Waals surface area (Å²) in [6.07, 6.45) is 9.56. The molecule has 1 aromatic carbocycles. The van der Waals surface area contributed by atoms with Crippen molar-refractivity contribution >= 4 is 0 Å². The van der Waals surface area contributed by atoms with Gasteiger partial charge in [0, 0.05) is 6.04 Å². The van der Waals surface area contributed by atoms with Gasteiger partial charge in [0.1, 0.15) is 0 Å². The van der Waals surface area contributed by atoms with Gasteiger partial charge in [0.2, 0.25) is 0 Å². The second-order valence-electron chi connectivity index (χ2n) is 6.63. The lowest BCUT2D eigenvalue weighted by Crippen LogP contribution is -2.29. The minimum Gasteiger partial charge on any atom is -0.271 e. The lowest BCUT2D eigenvalue weighted by molar-refractivity contribution is 0.359. The molecule has 2 nitrogen and oxygen atoms in total. The molecule has 0 aliphatic heterocycles. The summed E-state index contributed by atoms with van der Waals surface area (Å²) in [6, 6.07) is 9.29. The summed E-state index contributed by atoms with van der Waals surface area (Å²) in [5, 5.41) is 0. The van der Waals surface area contributed by atoms with Crippen molar-refractivity contribution in [2.75, 3.05) is 0 Å². The van der Waals surface area contributed by atoms with Crippen molar-refractivity contribution in [1.82, 2.24) is 5.43 Å². The lowest BCUT2D eigenvalue weighted by atomic mass is 9.89. The molecule has 2 rings (SSSR count). The third kappa shape index (κ3) is 4.32. The molecule has 3 N–H and O–H groups in total. The van der Waals surface area contributed by atoms with E-state index in [4.69, 9.17) is 5.84 Å². The highest BCUT2D eigenvalue weighted by Crippen LogP contribution is 2.31. The lowest BCUT2D eigenvalue weighted by Gasteiger charge is -2.23. The molecule has 0 amide bonds. The molecule has 0 heterocycles. The predicted molar refractivity (Wildman–Crippen MR) is 86.4 cm³/mol. The summed E-state index contributed by atoms with van der Waals surface area (Å²) in [7, 11) is 0. The average Bonchev–Trinajstić information content (AvgIpc) is 2.73. The van der Waals surface area contributed by atoms with Crippen molar-refractivity contribution in [3.63, 3.8) is 0 Å². The van der Waals surface area contributed by atoms with Crippen LogP contribution in [-0.2, 0) is 0 Å². The molecule has 2 heteroatoms. The number of benzene rings is 1. The van der Waals surface area contributed by atoms with Gasteiger partial charge in [-0.05, 0) is 29.4 Å². The molecule has 1 unspecified atom stereocenters. The zero-order valence-electron chi connectivity index (χ0n) is 13.1. The molecule has 1 fully saturated rings. The summed E-state index contributed by atoms with van der Waals surface area (Å²) in [6.45, 7) is 4.47. The van der Waals surface area contributed by atoms with Crippen LogP contribution in [0.15, 0.2) is 24.3 Å². The van der Waals surface area contributed by atoms with Crippen LogP contribution >= 0.6 is 0 Å². The Labute approximate surface area is 124 Å². The zero-order chi connectivity index (χ0) is 14.4. The van der Waals surface area contributed by atoms with Crippen LogP contribution in [0.4, 0.5) is 0 Å². The van der Waals surface area contributed by atoms with E-state index in [1.807, 2.05) is 0 Å². The first-order valence-corrected chi connectivity index (χ1v) is 8.26. The molecule has 112 valence electrons. The first kappa shape index (κ1) is 15.5. The van der Waals surface area contributed by atoms with Gasteiger partial charge in [-0.2, -0.15) is 0 Å². The topological polar surface area (TPSA) is 38.0 Å². The van der Waals surface area contributed by atoms with Crippen molar-refractivity contribution in [3.8, 4) is 0 Å². The molecule has 1 atom stereocenters. The SMILES string of the molecule is CC(C)c1ccc(C(CC2CCCCCC2)NN)cc1. The molecule has 0 spiro atoms. The Balaban J connectivity index is 1.99. The number of hydrogen-bond acceptors (Lipinski definition) is 2. The molecule has 1 saturated carbocycles. The van der Waals surface area contributed by atoms with E-state index < -0.39 is 0 Å². The highest BCUT2D eigenvalue weighted by molar-refractivity contribution is 5.26. The van der Waals surface area contributed by atoms with Gasteiger partial charge in [0.25, 0.3) is 0 Å². The number of hydrazine groups is 1. The van der Waals surface area contributed by atoms with Crippen molar-refractivity contribution in [2.24, 2.45) is 11.8 Å². The smallest absolute Gasteiger partial charge is 0.0462 e.